The number of carbonyl (C=O) groups excluding carboxylic acids is 2. The minimum absolute atomic E-state index is 0.273. The zero-order valence-corrected chi connectivity index (χ0v) is 15.0. The Kier molecular flexibility index (Phi) is 5.09. The summed E-state index contributed by atoms with van der Waals surface area (Å²) in [6.45, 7) is 1.51. The van der Waals surface area contributed by atoms with Gasteiger partial charge in [0.2, 0.25) is 0 Å². The Labute approximate surface area is 155 Å². The normalized spacial score (nSPS) is 11.8. The van der Waals surface area contributed by atoms with Crippen LogP contribution in [-0.4, -0.2) is 32.3 Å². The Morgan fingerprint density at radius 3 is 2.50 bits per heavy atom. The van der Waals surface area contributed by atoms with Crippen molar-refractivity contribution in [2.45, 2.75) is 13.0 Å². The van der Waals surface area contributed by atoms with Gasteiger partial charge in [-0.3, -0.25) is 9.48 Å². The number of hydrogen-bond acceptors (Lipinski definition) is 4. The van der Waals surface area contributed by atoms with Crippen molar-refractivity contribution >= 4 is 29.2 Å². The van der Waals surface area contributed by atoms with E-state index in [1.807, 2.05) is 12.1 Å². The van der Waals surface area contributed by atoms with Gasteiger partial charge in [0.05, 0.1) is 6.20 Å². The molecule has 0 spiro atoms. The maximum Gasteiger partial charge on any atom is 0.344 e. The molecule has 0 aliphatic rings. The van der Waals surface area contributed by atoms with E-state index < -0.39 is 18.0 Å². The summed E-state index contributed by atoms with van der Waals surface area (Å²) in [4.78, 5) is 24.7. The molecule has 2 aromatic heterocycles. The molecule has 0 radical (unpaired) electrons. The SMILES string of the molecule is C[C@@H](OC(=O)c1cnn(C)c1-n1cccc1)C(=O)Nc1ccc(Cl)cc1. The van der Waals surface area contributed by atoms with Gasteiger partial charge in [0.1, 0.15) is 11.4 Å². The second-order valence-electron chi connectivity index (χ2n) is 5.64. The molecule has 2 heterocycles. The highest BCUT2D eigenvalue weighted by Gasteiger charge is 2.23. The number of rotatable bonds is 5. The van der Waals surface area contributed by atoms with Crippen LogP contribution >= 0.6 is 11.6 Å². The summed E-state index contributed by atoms with van der Waals surface area (Å²) >= 11 is 5.81. The Hall–Kier alpha value is -3.06. The smallest absolute Gasteiger partial charge is 0.344 e. The Bertz CT molecular complexity index is 917. The molecule has 0 bridgehead atoms. The summed E-state index contributed by atoms with van der Waals surface area (Å²) < 4.78 is 8.62. The molecule has 1 amide bonds. The molecule has 0 aliphatic carbocycles. The summed E-state index contributed by atoms with van der Waals surface area (Å²) in [6.07, 6.45) is 4.03. The van der Waals surface area contributed by atoms with E-state index in [0.29, 0.717) is 16.5 Å². The first-order chi connectivity index (χ1) is 12.5. The second kappa shape index (κ2) is 7.45. The number of amides is 1. The average molecular weight is 373 g/mol. The van der Waals surface area contributed by atoms with E-state index in [0.717, 1.165) is 0 Å². The van der Waals surface area contributed by atoms with Gasteiger partial charge in [-0.05, 0) is 43.3 Å². The molecule has 0 saturated carbocycles. The minimum Gasteiger partial charge on any atom is -0.449 e. The number of hydrogen-bond donors (Lipinski definition) is 1. The lowest BCUT2D eigenvalue weighted by Crippen LogP contribution is -2.30. The summed E-state index contributed by atoms with van der Waals surface area (Å²) in [5.41, 5.74) is 0.839. The van der Waals surface area contributed by atoms with E-state index in [1.54, 1.807) is 53.0 Å². The summed E-state index contributed by atoms with van der Waals surface area (Å²) in [5.74, 6) is -0.502. The molecule has 1 aromatic carbocycles. The van der Waals surface area contributed by atoms with Gasteiger partial charge in [0.25, 0.3) is 5.91 Å². The first kappa shape index (κ1) is 17.8. The van der Waals surface area contributed by atoms with Crippen LogP contribution in [0.3, 0.4) is 0 Å². The first-order valence-electron chi connectivity index (χ1n) is 7.88. The number of nitrogens with zero attached hydrogens (tertiary/aromatic N) is 3. The Balaban J connectivity index is 1.70. The van der Waals surface area contributed by atoms with Gasteiger partial charge in [-0.1, -0.05) is 11.6 Å². The number of halogens is 1. The molecular formula is C18H17ClN4O3. The van der Waals surface area contributed by atoms with Gasteiger partial charge in [0, 0.05) is 30.2 Å². The van der Waals surface area contributed by atoms with Crippen LogP contribution in [0, 0.1) is 0 Å². The van der Waals surface area contributed by atoms with Crippen LogP contribution in [-0.2, 0) is 16.6 Å². The lowest BCUT2D eigenvalue weighted by molar-refractivity contribution is -0.123. The number of nitrogens with one attached hydrogen (secondary N) is 1. The Morgan fingerprint density at radius 2 is 1.85 bits per heavy atom. The van der Waals surface area contributed by atoms with Crippen molar-refractivity contribution in [2.24, 2.45) is 7.05 Å². The number of ether oxygens (including phenoxy) is 1. The number of benzene rings is 1. The lowest BCUT2D eigenvalue weighted by Gasteiger charge is -2.14. The predicted molar refractivity (Wildman–Crippen MR) is 97.5 cm³/mol. The third-order valence-electron chi connectivity index (χ3n) is 3.74. The number of esters is 1. The van der Waals surface area contributed by atoms with E-state index in [4.69, 9.17) is 16.3 Å². The molecular weight excluding hydrogens is 356 g/mol. The van der Waals surface area contributed by atoms with Crippen molar-refractivity contribution in [1.82, 2.24) is 14.3 Å². The highest BCUT2D eigenvalue weighted by Crippen LogP contribution is 2.17. The predicted octanol–water partition coefficient (Wildman–Crippen LogP) is 3.05. The molecule has 26 heavy (non-hydrogen) atoms. The fourth-order valence-corrected chi connectivity index (χ4v) is 2.54. The number of aromatic nitrogens is 3. The van der Waals surface area contributed by atoms with Crippen molar-refractivity contribution < 1.29 is 14.3 Å². The molecule has 7 nitrogen and oxygen atoms in total. The summed E-state index contributed by atoms with van der Waals surface area (Å²) in [7, 11) is 1.72. The van der Waals surface area contributed by atoms with E-state index in [9.17, 15) is 9.59 Å². The molecule has 0 fully saturated rings. The van der Waals surface area contributed by atoms with Crippen LogP contribution in [0.2, 0.25) is 5.02 Å². The average Bonchev–Trinajstić information content (AvgIpc) is 3.25. The van der Waals surface area contributed by atoms with Gasteiger partial charge in [-0.25, -0.2) is 4.79 Å². The van der Waals surface area contributed by atoms with Crippen LogP contribution in [0.5, 0.6) is 0 Å². The number of carbonyl (C=O) groups is 2. The van der Waals surface area contributed by atoms with E-state index in [-0.39, 0.29) is 5.56 Å². The van der Waals surface area contributed by atoms with E-state index in [1.165, 1.54) is 13.1 Å². The maximum absolute atomic E-state index is 12.5. The summed E-state index contributed by atoms with van der Waals surface area (Å²) in [6, 6.07) is 10.3. The van der Waals surface area contributed by atoms with Crippen molar-refractivity contribution in [1.29, 1.82) is 0 Å². The second-order valence-corrected chi connectivity index (χ2v) is 6.08. The summed E-state index contributed by atoms with van der Waals surface area (Å²) in [5, 5.41) is 7.34. The van der Waals surface area contributed by atoms with Crippen LogP contribution in [0.15, 0.2) is 55.0 Å². The minimum atomic E-state index is -0.976. The van der Waals surface area contributed by atoms with Crippen LogP contribution < -0.4 is 5.32 Å². The van der Waals surface area contributed by atoms with Crippen LogP contribution in [0.1, 0.15) is 17.3 Å². The zero-order valence-electron chi connectivity index (χ0n) is 14.2. The molecule has 3 rings (SSSR count). The zero-order chi connectivity index (χ0) is 18.7. The number of anilines is 1. The van der Waals surface area contributed by atoms with Gasteiger partial charge in [-0.2, -0.15) is 5.10 Å². The molecule has 0 unspecified atom stereocenters. The largest absolute Gasteiger partial charge is 0.449 e. The van der Waals surface area contributed by atoms with Gasteiger partial charge < -0.3 is 14.6 Å². The molecule has 0 saturated heterocycles. The molecule has 0 aliphatic heterocycles. The van der Waals surface area contributed by atoms with E-state index >= 15 is 0 Å². The van der Waals surface area contributed by atoms with Crippen molar-refractivity contribution in [3.8, 4) is 5.82 Å². The third-order valence-corrected chi connectivity index (χ3v) is 3.99. The monoisotopic (exact) mass is 372 g/mol. The quantitative estimate of drug-likeness (QED) is 0.698. The molecule has 8 heteroatoms. The molecule has 1 atom stereocenters. The molecule has 1 N–H and O–H groups in total. The Morgan fingerprint density at radius 1 is 1.19 bits per heavy atom. The lowest BCUT2D eigenvalue weighted by atomic mass is 10.3. The van der Waals surface area contributed by atoms with Crippen molar-refractivity contribution in [3.63, 3.8) is 0 Å². The van der Waals surface area contributed by atoms with E-state index in [2.05, 4.69) is 10.4 Å². The first-order valence-corrected chi connectivity index (χ1v) is 8.26. The molecule has 3 aromatic rings. The van der Waals surface area contributed by atoms with Gasteiger partial charge in [-0.15, -0.1) is 0 Å². The van der Waals surface area contributed by atoms with Gasteiger partial charge >= 0.3 is 5.97 Å². The van der Waals surface area contributed by atoms with Gasteiger partial charge in [0.15, 0.2) is 6.10 Å². The molecule has 134 valence electrons. The highest BCUT2D eigenvalue weighted by atomic mass is 35.5. The van der Waals surface area contributed by atoms with Crippen molar-refractivity contribution in [2.75, 3.05) is 5.32 Å². The van der Waals surface area contributed by atoms with Crippen molar-refractivity contribution in [3.05, 3.63) is 65.6 Å². The standard InChI is InChI=1S/C18H17ClN4O3/c1-12(16(24)21-14-7-5-13(19)6-8-14)26-18(25)15-11-20-22(2)17(15)23-9-3-4-10-23/h3-12H,1-2H3,(H,21,24)/t12-/m1/s1. The van der Waals surface area contributed by atoms with Crippen LogP contribution in [0.25, 0.3) is 5.82 Å². The topological polar surface area (TPSA) is 78.2 Å². The fourth-order valence-electron chi connectivity index (χ4n) is 2.41. The highest BCUT2D eigenvalue weighted by molar-refractivity contribution is 6.30. The third kappa shape index (κ3) is 3.78. The van der Waals surface area contributed by atoms with Crippen LogP contribution in [0.4, 0.5) is 5.69 Å². The maximum atomic E-state index is 12.5. The fraction of sp³-hybridized carbons (Fsp3) is 0.167. The number of aryl methyl sites for hydroxylation is 1.